The number of carbonyl (C=O) groups is 2. The average Bonchev–Trinajstić information content (AvgIpc) is 2.79. The van der Waals surface area contributed by atoms with Crippen molar-refractivity contribution >= 4 is 45.8 Å². The number of hydrogen-bond acceptors (Lipinski definition) is 5. The van der Waals surface area contributed by atoms with E-state index in [1.54, 1.807) is 30.3 Å². The van der Waals surface area contributed by atoms with E-state index in [2.05, 4.69) is 20.6 Å². The zero-order valence-electron chi connectivity index (χ0n) is 16.3. The summed E-state index contributed by atoms with van der Waals surface area (Å²) < 4.78 is 14.4. The van der Waals surface area contributed by atoms with Gasteiger partial charge in [-0.1, -0.05) is 17.7 Å². The van der Waals surface area contributed by atoms with Gasteiger partial charge in [0.25, 0.3) is 0 Å². The quantitative estimate of drug-likeness (QED) is 0.421. The monoisotopic (exact) mass is 445 g/mol. The zero-order valence-corrected chi connectivity index (χ0v) is 17.0. The normalized spacial score (nSPS) is 10.4. The number of anilines is 2. The molecule has 0 aliphatic rings. The number of carbonyl (C=O) groups excluding carboxylic acids is 2. The van der Waals surface area contributed by atoms with Crippen LogP contribution in [0.15, 0.2) is 66.9 Å². The van der Waals surface area contributed by atoms with Gasteiger partial charge >= 0.3 is 6.03 Å². The molecule has 0 radical (unpaired) electrons. The van der Waals surface area contributed by atoms with Crippen LogP contribution in [-0.2, 0) is 0 Å². The number of aromatic nitrogens is 2. The van der Waals surface area contributed by atoms with Gasteiger partial charge < -0.3 is 10.6 Å². The molecule has 0 atom stereocenters. The van der Waals surface area contributed by atoms with Crippen molar-refractivity contribution in [1.82, 2.24) is 9.97 Å². The molecule has 4 aromatic rings. The Morgan fingerprint density at radius 1 is 0.969 bits per heavy atom. The number of nitrogens with one attached hydrogen (secondary N) is 2. The number of halogens is 2. The molecule has 7 nitrogen and oxygen atoms in total. The Morgan fingerprint density at radius 3 is 2.50 bits per heavy atom. The van der Waals surface area contributed by atoms with Crippen LogP contribution in [0, 0.1) is 17.1 Å². The molecule has 3 aromatic carbocycles. The SMILES string of the molecule is N#Cc1cnc2ccc(C(=O)c3cc(NC(=O)Nc4cccc(Cl)c4)ccc3F)cc2n1. The molecule has 1 aromatic heterocycles. The number of benzene rings is 3. The number of nitriles is 1. The summed E-state index contributed by atoms with van der Waals surface area (Å²) in [7, 11) is 0. The first kappa shape index (κ1) is 20.9. The van der Waals surface area contributed by atoms with Crippen LogP contribution in [0.1, 0.15) is 21.6 Å². The number of ketones is 1. The molecular formula is C23H13ClFN5O2. The lowest BCUT2D eigenvalue weighted by Crippen LogP contribution is -2.19. The minimum absolute atomic E-state index is 0.102. The third kappa shape index (κ3) is 4.53. The summed E-state index contributed by atoms with van der Waals surface area (Å²) in [5, 5.41) is 14.6. The van der Waals surface area contributed by atoms with Crippen molar-refractivity contribution in [2.45, 2.75) is 0 Å². The van der Waals surface area contributed by atoms with Crippen LogP contribution in [-0.4, -0.2) is 21.8 Å². The van der Waals surface area contributed by atoms with Crippen LogP contribution < -0.4 is 10.6 Å². The van der Waals surface area contributed by atoms with Gasteiger partial charge in [0, 0.05) is 22.0 Å². The second-order valence-electron chi connectivity index (χ2n) is 6.68. The summed E-state index contributed by atoms with van der Waals surface area (Å²) in [5.41, 5.74) is 1.57. The van der Waals surface area contributed by atoms with Crippen LogP contribution in [0.4, 0.5) is 20.6 Å². The van der Waals surface area contributed by atoms with Crippen LogP contribution >= 0.6 is 11.6 Å². The highest BCUT2D eigenvalue weighted by Gasteiger charge is 2.17. The second kappa shape index (κ2) is 8.79. The molecule has 0 saturated carbocycles. The van der Waals surface area contributed by atoms with Gasteiger partial charge in [-0.05, 0) is 54.6 Å². The first-order chi connectivity index (χ1) is 15.4. The lowest BCUT2D eigenvalue weighted by molar-refractivity contribution is 0.103. The summed E-state index contributed by atoms with van der Waals surface area (Å²) >= 11 is 5.90. The van der Waals surface area contributed by atoms with E-state index >= 15 is 0 Å². The Labute approximate surface area is 186 Å². The molecule has 0 fully saturated rings. The summed E-state index contributed by atoms with van der Waals surface area (Å²) in [6.07, 6.45) is 1.33. The van der Waals surface area contributed by atoms with Gasteiger partial charge in [-0.2, -0.15) is 5.26 Å². The first-order valence-electron chi connectivity index (χ1n) is 9.27. The van der Waals surface area contributed by atoms with E-state index in [4.69, 9.17) is 16.9 Å². The van der Waals surface area contributed by atoms with Gasteiger partial charge in [-0.15, -0.1) is 0 Å². The maximum absolute atomic E-state index is 14.4. The molecule has 2 amide bonds. The van der Waals surface area contributed by atoms with E-state index in [9.17, 15) is 14.0 Å². The number of nitrogens with zero attached hydrogens (tertiary/aromatic N) is 3. The first-order valence-corrected chi connectivity index (χ1v) is 9.65. The minimum Gasteiger partial charge on any atom is -0.308 e. The van der Waals surface area contributed by atoms with Crippen LogP contribution in [0.2, 0.25) is 5.02 Å². The summed E-state index contributed by atoms with van der Waals surface area (Å²) in [6.45, 7) is 0. The second-order valence-corrected chi connectivity index (χ2v) is 7.12. The predicted octanol–water partition coefficient (Wildman–Crippen LogP) is 5.17. The van der Waals surface area contributed by atoms with E-state index in [0.29, 0.717) is 21.7 Å². The maximum atomic E-state index is 14.4. The number of hydrogen-bond donors (Lipinski definition) is 2. The molecule has 2 N–H and O–H groups in total. The van der Waals surface area contributed by atoms with Crippen molar-refractivity contribution in [2.75, 3.05) is 10.6 Å². The Kier molecular flexibility index (Phi) is 5.75. The van der Waals surface area contributed by atoms with Crippen molar-refractivity contribution in [3.8, 4) is 6.07 Å². The van der Waals surface area contributed by atoms with Gasteiger partial charge in [0.15, 0.2) is 11.5 Å². The van der Waals surface area contributed by atoms with Crippen molar-refractivity contribution < 1.29 is 14.0 Å². The van der Waals surface area contributed by atoms with Crippen LogP contribution in [0.3, 0.4) is 0 Å². The van der Waals surface area contributed by atoms with Crippen molar-refractivity contribution in [1.29, 1.82) is 5.26 Å². The van der Waals surface area contributed by atoms with Crippen molar-refractivity contribution in [2.24, 2.45) is 0 Å². The number of amides is 2. The fourth-order valence-corrected chi connectivity index (χ4v) is 3.19. The topological polar surface area (TPSA) is 108 Å². The predicted molar refractivity (Wildman–Crippen MR) is 118 cm³/mol. The number of rotatable bonds is 4. The van der Waals surface area contributed by atoms with Gasteiger partial charge in [-0.25, -0.2) is 14.2 Å². The molecule has 0 bridgehead atoms. The van der Waals surface area contributed by atoms with Crippen molar-refractivity contribution in [3.05, 3.63) is 94.5 Å². The molecule has 4 rings (SSSR count). The summed E-state index contributed by atoms with van der Waals surface area (Å²) in [5.74, 6) is -1.35. The molecule has 1 heterocycles. The molecule has 32 heavy (non-hydrogen) atoms. The van der Waals surface area contributed by atoms with Gasteiger partial charge in [0.05, 0.1) is 22.8 Å². The van der Waals surface area contributed by atoms with E-state index in [0.717, 1.165) is 6.07 Å². The highest BCUT2D eigenvalue weighted by molar-refractivity contribution is 6.30. The molecular weight excluding hydrogens is 433 g/mol. The standard InChI is InChI=1S/C23H13ClFN5O2/c24-14-2-1-3-15(9-14)29-23(32)30-16-5-6-19(25)18(10-16)22(31)13-4-7-20-21(8-13)28-17(11-26)12-27-20/h1-10,12H,(H2,29,30,32). The Hall–Kier alpha value is -4.35. The van der Waals surface area contributed by atoms with Crippen LogP contribution in [0.25, 0.3) is 11.0 Å². The molecule has 0 spiro atoms. The van der Waals surface area contributed by atoms with Gasteiger partial charge in [0.2, 0.25) is 0 Å². The minimum atomic E-state index is -0.743. The fourth-order valence-electron chi connectivity index (χ4n) is 3.00. The molecule has 0 saturated heterocycles. The van der Waals surface area contributed by atoms with E-state index in [1.807, 2.05) is 6.07 Å². The third-order valence-electron chi connectivity index (χ3n) is 4.47. The smallest absolute Gasteiger partial charge is 0.308 e. The molecule has 9 heteroatoms. The summed E-state index contributed by atoms with van der Waals surface area (Å²) in [6, 6.07) is 16.1. The zero-order chi connectivity index (χ0) is 22.7. The average molecular weight is 446 g/mol. The maximum Gasteiger partial charge on any atom is 0.323 e. The van der Waals surface area contributed by atoms with E-state index in [-0.39, 0.29) is 22.5 Å². The lowest BCUT2D eigenvalue weighted by atomic mass is 10.0. The lowest BCUT2D eigenvalue weighted by Gasteiger charge is -2.10. The highest BCUT2D eigenvalue weighted by Crippen LogP contribution is 2.21. The number of urea groups is 1. The van der Waals surface area contributed by atoms with Gasteiger partial charge in [0.1, 0.15) is 11.9 Å². The van der Waals surface area contributed by atoms with E-state index in [1.165, 1.54) is 30.5 Å². The van der Waals surface area contributed by atoms with Crippen LogP contribution in [0.5, 0.6) is 0 Å². The molecule has 0 aliphatic heterocycles. The Morgan fingerprint density at radius 2 is 1.75 bits per heavy atom. The Balaban J connectivity index is 1.58. The molecule has 0 aliphatic carbocycles. The van der Waals surface area contributed by atoms with Crippen molar-refractivity contribution in [3.63, 3.8) is 0 Å². The largest absolute Gasteiger partial charge is 0.323 e. The summed E-state index contributed by atoms with van der Waals surface area (Å²) in [4.78, 5) is 33.4. The third-order valence-corrected chi connectivity index (χ3v) is 4.71. The molecule has 156 valence electrons. The number of fused-ring (bicyclic) bond motifs is 1. The van der Waals surface area contributed by atoms with Gasteiger partial charge in [-0.3, -0.25) is 9.78 Å². The highest BCUT2D eigenvalue weighted by atomic mass is 35.5. The fraction of sp³-hybridized carbons (Fsp3) is 0. The Bertz CT molecular complexity index is 1420. The van der Waals surface area contributed by atoms with E-state index < -0.39 is 17.6 Å². The molecule has 0 unspecified atom stereocenters.